The summed E-state index contributed by atoms with van der Waals surface area (Å²) >= 11 is 6.25. The zero-order valence-corrected chi connectivity index (χ0v) is 14.2. The lowest BCUT2D eigenvalue weighted by molar-refractivity contribution is -0.143. The monoisotopic (exact) mass is 334 g/mol. The van der Waals surface area contributed by atoms with Gasteiger partial charge in [-0.1, -0.05) is 36.9 Å². The van der Waals surface area contributed by atoms with E-state index in [4.69, 9.17) is 22.1 Å². The van der Waals surface area contributed by atoms with Gasteiger partial charge in [-0.25, -0.2) is 0 Å². The van der Waals surface area contributed by atoms with Gasteiger partial charge in [0.2, 0.25) is 0 Å². The molecule has 1 aliphatic rings. The average Bonchev–Trinajstić information content (AvgIpc) is 2.55. The third-order valence-corrected chi connectivity index (χ3v) is 4.73. The maximum atomic E-state index is 11.6. The lowest BCUT2D eigenvalue weighted by atomic mass is 9.70. The molecule has 1 aromatic rings. The van der Waals surface area contributed by atoms with Crippen molar-refractivity contribution in [3.8, 4) is 6.07 Å². The van der Waals surface area contributed by atoms with Gasteiger partial charge in [0.15, 0.2) is 0 Å². The number of hydrogen-bond acceptors (Lipinski definition) is 4. The molecule has 1 aliphatic carbocycles. The quantitative estimate of drug-likeness (QED) is 0.825. The maximum absolute atomic E-state index is 11.6. The fourth-order valence-electron chi connectivity index (χ4n) is 3.24. The minimum Gasteiger partial charge on any atom is -0.466 e. The van der Waals surface area contributed by atoms with Crippen LogP contribution in [0.25, 0.3) is 0 Å². The normalized spacial score (nSPS) is 18.0. The molecule has 1 fully saturated rings. The van der Waals surface area contributed by atoms with Crippen molar-refractivity contribution in [3.05, 3.63) is 34.3 Å². The largest absolute Gasteiger partial charge is 0.466 e. The van der Waals surface area contributed by atoms with Crippen molar-refractivity contribution in [3.63, 3.8) is 0 Å². The molecule has 1 saturated carbocycles. The summed E-state index contributed by atoms with van der Waals surface area (Å²) in [6, 6.07) is 7.58. The first-order valence-electron chi connectivity index (χ1n) is 8.14. The molecule has 0 heterocycles. The molecule has 2 rings (SSSR count). The van der Waals surface area contributed by atoms with Crippen LogP contribution in [0, 0.1) is 11.3 Å². The van der Waals surface area contributed by atoms with E-state index >= 15 is 0 Å². The summed E-state index contributed by atoms with van der Waals surface area (Å²) in [7, 11) is 0. The molecule has 0 saturated heterocycles. The first-order valence-corrected chi connectivity index (χ1v) is 8.52. The predicted octanol–water partition coefficient (Wildman–Crippen LogP) is 4.02. The van der Waals surface area contributed by atoms with E-state index in [0.29, 0.717) is 11.6 Å². The van der Waals surface area contributed by atoms with Crippen LogP contribution >= 0.6 is 11.6 Å². The third-order valence-electron chi connectivity index (χ3n) is 4.51. The molecule has 0 aromatic heterocycles. The highest BCUT2D eigenvalue weighted by Gasteiger charge is 2.34. The molecule has 5 heteroatoms. The lowest BCUT2D eigenvalue weighted by Gasteiger charge is -2.32. The molecule has 0 bridgehead atoms. The van der Waals surface area contributed by atoms with E-state index in [-0.39, 0.29) is 12.4 Å². The Balaban J connectivity index is 2.28. The lowest BCUT2D eigenvalue weighted by Crippen LogP contribution is -2.27. The Kier molecular flexibility index (Phi) is 6.04. The zero-order valence-electron chi connectivity index (χ0n) is 13.5. The van der Waals surface area contributed by atoms with E-state index in [1.165, 1.54) is 6.42 Å². The summed E-state index contributed by atoms with van der Waals surface area (Å²) in [4.78, 5) is 11.6. The van der Waals surface area contributed by atoms with Crippen LogP contribution in [-0.4, -0.2) is 12.6 Å². The number of esters is 1. The van der Waals surface area contributed by atoms with Gasteiger partial charge in [0.05, 0.1) is 24.5 Å². The van der Waals surface area contributed by atoms with E-state index in [1.807, 2.05) is 12.1 Å². The minimum absolute atomic E-state index is 0.104. The van der Waals surface area contributed by atoms with Gasteiger partial charge in [0, 0.05) is 11.1 Å². The number of nitriles is 1. The highest BCUT2D eigenvalue weighted by molar-refractivity contribution is 6.30. The highest BCUT2D eigenvalue weighted by Crippen LogP contribution is 2.40. The Morgan fingerprint density at radius 2 is 2.09 bits per heavy atom. The SMILES string of the molecule is CCOC(=O)C[C@H](N)c1cc(Cl)cc(C2(C#N)CCCCC2)c1. The molecule has 2 N–H and O–H groups in total. The van der Waals surface area contributed by atoms with Crippen LogP contribution < -0.4 is 5.73 Å². The van der Waals surface area contributed by atoms with Gasteiger partial charge < -0.3 is 10.5 Å². The summed E-state index contributed by atoms with van der Waals surface area (Å²) in [5.41, 5.74) is 7.35. The van der Waals surface area contributed by atoms with Crippen LogP contribution in [0.15, 0.2) is 18.2 Å². The number of nitrogens with two attached hydrogens (primary N) is 1. The number of rotatable bonds is 5. The van der Waals surface area contributed by atoms with Gasteiger partial charge in [0.1, 0.15) is 0 Å². The van der Waals surface area contributed by atoms with Crippen molar-refractivity contribution in [2.45, 2.75) is 56.9 Å². The summed E-state index contributed by atoms with van der Waals surface area (Å²) in [6.45, 7) is 2.10. The third kappa shape index (κ3) is 4.25. The topological polar surface area (TPSA) is 76.1 Å². The molecule has 124 valence electrons. The minimum atomic E-state index is -0.485. The van der Waals surface area contributed by atoms with Gasteiger partial charge >= 0.3 is 5.97 Å². The Bertz CT molecular complexity index is 604. The van der Waals surface area contributed by atoms with Crippen LogP contribution in [0.3, 0.4) is 0 Å². The van der Waals surface area contributed by atoms with E-state index in [1.54, 1.807) is 13.0 Å². The number of nitrogens with zero attached hydrogens (tertiary/aromatic N) is 1. The first kappa shape index (κ1) is 17.8. The van der Waals surface area contributed by atoms with Crippen molar-refractivity contribution in [1.29, 1.82) is 5.26 Å². The molecule has 0 radical (unpaired) electrons. The van der Waals surface area contributed by atoms with Gasteiger partial charge in [-0.2, -0.15) is 5.26 Å². The molecule has 1 atom stereocenters. The van der Waals surface area contributed by atoms with Gasteiger partial charge in [0.25, 0.3) is 0 Å². The second-order valence-electron chi connectivity index (χ2n) is 6.14. The Labute approximate surface area is 142 Å². The molecule has 0 amide bonds. The summed E-state index contributed by atoms with van der Waals surface area (Å²) in [5.74, 6) is -0.325. The van der Waals surface area contributed by atoms with Crippen LogP contribution in [-0.2, 0) is 14.9 Å². The fraction of sp³-hybridized carbons (Fsp3) is 0.556. The van der Waals surface area contributed by atoms with E-state index < -0.39 is 11.5 Å². The summed E-state index contributed by atoms with van der Waals surface area (Å²) < 4.78 is 4.95. The molecule has 4 nitrogen and oxygen atoms in total. The average molecular weight is 335 g/mol. The summed E-state index contributed by atoms with van der Waals surface area (Å²) in [5, 5.41) is 10.3. The molecule has 0 unspecified atom stereocenters. The van der Waals surface area contributed by atoms with Gasteiger partial charge in [-0.3, -0.25) is 4.79 Å². The van der Waals surface area contributed by atoms with E-state index in [0.717, 1.165) is 36.8 Å². The van der Waals surface area contributed by atoms with Crippen molar-refractivity contribution in [2.24, 2.45) is 5.73 Å². The van der Waals surface area contributed by atoms with Crippen molar-refractivity contribution in [1.82, 2.24) is 0 Å². The number of halogens is 1. The van der Waals surface area contributed by atoms with E-state index in [2.05, 4.69) is 6.07 Å². The van der Waals surface area contributed by atoms with Gasteiger partial charge in [-0.15, -0.1) is 0 Å². The number of carbonyl (C=O) groups excluding carboxylic acids is 1. The predicted molar refractivity (Wildman–Crippen MR) is 90.0 cm³/mol. The van der Waals surface area contributed by atoms with Crippen LogP contribution in [0.5, 0.6) is 0 Å². The molecular formula is C18H23ClN2O2. The fourth-order valence-corrected chi connectivity index (χ4v) is 3.48. The zero-order chi connectivity index (χ0) is 16.9. The second kappa shape index (κ2) is 7.81. The van der Waals surface area contributed by atoms with Gasteiger partial charge in [-0.05, 0) is 43.0 Å². The number of carbonyl (C=O) groups is 1. The highest BCUT2D eigenvalue weighted by atomic mass is 35.5. The Morgan fingerprint density at radius 1 is 1.39 bits per heavy atom. The standard InChI is InChI=1S/C18H23ClN2O2/c1-2-23-17(22)11-16(21)13-8-14(10-15(19)9-13)18(12-20)6-4-3-5-7-18/h8-10,16H,2-7,11,21H2,1H3/t16-/m0/s1. The van der Waals surface area contributed by atoms with Crippen LogP contribution in [0.1, 0.15) is 62.6 Å². The van der Waals surface area contributed by atoms with Crippen molar-refractivity contribution in [2.75, 3.05) is 6.61 Å². The molecular weight excluding hydrogens is 312 g/mol. The van der Waals surface area contributed by atoms with Crippen molar-refractivity contribution >= 4 is 17.6 Å². The molecule has 23 heavy (non-hydrogen) atoms. The van der Waals surface area contributed by atoms with Crippen molar-refractivity contribution < 1.29 is 9.53 Å². The van der Waals surface area contributed by atoms with E-state index in [9.17, 15) is 10.1 Å². The Hall–Kier alpha value is -1.57. The maximum Gasteiger partial charge on any atom is 0.307 e. The first-order chi connectivity index (χ1) is 11.0. The Morgan fingerprint density at radius 3 is 2.70 bits per heavy atom. The number of hydrogen-bond donors (Lipinski definition) is 1. The smallest absolute Gasteiger partial charge is 0.307 e. The molecule has 1 aromatic carbocycles. The number of ether oxygens (including phenoxy) is 1. The molecule has 0 spiro atoms. The van der Waals surface area contributed by atoms with Crippen LogP contribution in [0.4, 0.5) is 0 Å². The summed E-state index contributed by atoms with van der Waals surface area (Å²) in [6.07, 6.45) is 5.05. The number of benzene rings is 1. The molecule has 0 aliphatic heterocycles. The second-order valence-corrected chi connectivity index (χ2v) is 6.58. The van der Waals surface area contributed by atoms with Crippen LogP contribution in [0.2, 0.25) is 5.02 Å².